The van der Waals surface area contributed by atoms with Crippen molar-refractivity contribution in [3.8, 4) is 5.69 Å². The van der Waals surface area contributed by atoms with Gasteiger partial charge in [-0.3, -0.25) is 5.43 Å². The number of aromatic nitrogens is 4. The molecule has 0 bridgehead atoms. The van der Waals surface area contributed by atoms with Crippen molar-refractivity contribution in [3.05, 3.63) is 63.0 Å². The van der Waals surface area contributed by atoms with Crippen molar-refractivity contribution < 1.29 is 0 Å². The van der Waals surface area contributed by atoms with E-state index in [1.54, 1.807) is 29.1 Å². The number of para-hydroxylation sites is 1. The lowest BCUT2D eigenvalue weighted by molar-refractivity contribution is 0.863. The third-order valence-corrected chi connectivity index (χ3v) is 4.02. The highest BCUT2D eigenvalue weighted by Crippen LogP contribution is 2.26. The van der Waals surface area contributed by atoms with E-state index in [1.165, 1.54) is 0 Å². The highest BCUT2D eigenvalue weighted by Gasteiger charge is 2.14. The summed E-state index contributed by atoms with van der Waals surface area (Å²) in [6.07, 6.45) is 1.56. The third-order valence-electron chi connectivity index (χ3n) is 3.13. The molecule has 3 aromatic rings. The maximum atomic E-state index is 6.42. The van der Waals surface area contributed by atoms with Gasteiger partial charge in [0.25, 0.3) is 0 Å². The molecule has 0 spiro atoms. The molecule has 24 heavy (non-hydrogen) atoms. The molecule has 0 unspecified atom stereocenters. The lowest BCUT2D eigenvalue weighted by Crippen LogP contribution is -1.98. The molecular formula is C15H11Cl3N6. The number of halogens is 3. The SMILES string of the molecule is Cc1nn(-c2ccccc2Cl)c(Cl)c1/C=N/Nc1ccc(Cl)nn1. The first kappa shape index (κ1) is 16.7. The predicted molar refractivity (Wildman–Crippen MR) is 96.6 cm³/mol. The number of nitrogens with zero attached hydrogens (tertiary/aromatic N) is 5. The Morgan fingerprint density at radius 1 is 1.08 bits per heavy atom. The molecule has 2 aromatic heterocycles. The number of anilines is 1. The molecule has 1 aromatic carbocycles. The fraction of sp³-hybridized carbons (Fsp3) is 0.0667. The van der Waals surface area contributed by atoms with Crippen LogP contribution < -0.4 is 5.43 Å². The standard InChI is InChI=1S/C15H11Cl3N6/c1-9-10(8-19-21-14-7-6-13(17)20-22-14)15(18)24(23-9)12-5-3-2-4-11(12)16/h2-8H,1H3,(H,21,22)/b19-8+. The summed E-state index contributed by atoms with van der Waals surface area (Å²) in [6, 6.07) is 10.6. The van der Waals surface area contributed by atoms with Crippen molar-refractivity contribution in [2.75, 3.05) is 5.43 Å². The normalized spacial score (nSPS) is 11.2. The monoisotopic (exact) mass is 380 g/mol. The van der Waals surface area contributed by atoms with Gasteiger partial charge in [-0.25, -0.2) is 4.68 Å². The van der Waals surface area contributed by atoms with Gasteiger partial charge in [0, 0.05) is 0 Å². The van der Waals surface area contributed by atoms with E-state index in [0.717, 1.165) is 0 Å². The minimum atomic E-state index is 0.310. The quantitative estimate of drug-likeness (QED) is 0.538. The second kappa shape index (κ2) is 7.17. The minimum absolute atomic E-state index is 0.310. The van der Waals surface area contributed by atoms with Gasteiger partial charge in [-0.1, -0.05) is 46.9 Å². The van der Waals surface area contributed by atoms with Crippen LogP contribution in [0.5, 0.6) is 0 Å². The fourth-order valence-corrected chi connectivity index (χ4v) is 2.61. The maximum absolute atomic E-state index is 6.42. The summed E-state index contributed by atoms with van der Waals surface area (Å²) in [5.74, 6) is 0.461. The van der Waals surface area contributed by atoms with Crippen molar-refractivity contribution in [3.63, 3.8) is 0 Å². The molecule has 0 saturated heterocycles. The fourth-order valence-electron chi connectivity index (χ4n) is 1.98. The summed E-state index contributed by atoms with van der Waals surface area (Å²) >= 11 is 18.3. The summed E-state index contributed by atoms with van der Waals surface area (Å²) in [7, 11) is 0. The molecule has 0 atom stereocenters. The number of nitrogens with one attached hydrogen (secondary N) is 1. The van der Waals surface area contributed by atoms with E-state index in [-0.39, 0.29) is 0 Å². The summed E-state index contributed by atoms with van der Waals surface area (Å²) < 4.78 is 1.57. The zero-order valence-electron chi connectivity index (χ0n) is 12.4. The van der Waals surface area contributed by atoms with Gasteiger partial charge in [-0.15, -0.1) is 10.2 Å². The van der Waals surface area contributed by atoms with Crippen LogP contribution in [0.2, 0.25) is 15.3 Å². The first-order chi connectivity index (χ1) is 11.6. The van der Waals surface area contributed by atoms with E-state index in [9.17, 15) is 0 Å². The smallest absolute Gasteiger partial charge is 0.168 e. The molecule has 3 rings (SSSR count). The summed E-state index contributed by atoms with van der Waals surface area (Å²) in [5.41, 5.74) is 4.84. The number of hydrogen-bond donors (Lipinski definition) is 1. The molecule has 0 aliphatic heterocycles. The van der Waals surface area contributed by atoms with Crippen LogP contribution >= 0.6 is 34.8 Å². The Hall–Kier alpha value is -2.15. The second-order valence-corrected chi connectivity index (χ2v) is 5.92. The zero-order chi connectivity index (χ0) is 17.1. The minimum Gasteiger partial charge on any atom is -0.260 e. The van der Waals surface area contributed by atoms with Crippen molar-refractivity contribution in [2.24, 2.45) is 5.10 Å². The third kappa shape index (κ3) is 3.51. The molecule has 9 heteroatoms. The van der Waals surface area contributed by atoms with Gasteiger partial charge in [-0.05, 0) is 31.2 Å². The van der Waals surface area contributed by atoms with Crippen LogP contribution in [0.3, 0.4) is 0 Å². The highest BCUT2D eigenvalue weighted by atomic mass is 35.5. The van der Waals surface area contributed by atoms with Gasteiger partial charge in [0.05, 0.1) is 28.2 Å². The van der Waals surface area contributed by atoms with Crippen LogP contribution in [-0.2, 0) is 0 Å². The molecule has 0 amide bonds. The number of benzene rings is 1. The Kier molecular flexibility index (Phi) is 4.99. The summed E-state index contributed by atoms with van der Waals surface area (Å²) in [6.45, 7) is 1.84. The molecular weight excluding hydrogens is 371 g/mol. The van der Waals surface area contributed by atoms with Gasteiger partial charge < -0.3 is 0 Å². The van der Waals surface area contributed by atoms with Crippen LogP contribution in [-0.4, -0.2) is 26.2 Å². The average molecular weight is 382 g/mol. The van der Waals surface area contributed by atoms with Crippen LogP contribution in [0.1, 0.15) is 11.3 Å². The largest absolute Gasteiger partial charge is 0.260 e. The van der Waals surface area contributed by atoms with Gasteiger partial charge in [0.1, 0.15) is 5.15 Å². The maximum Gasteiger partial charge on any atom is 0.168 e. The molecule has 0 aliphatic carbocycles. The first-order valence-corrected chi connectivity index (χ1v) is 7.98. The molecule has 0 radical (unpaired) electrons. The number of aryl methyl sites for hydroxylation is 1. The number of hydrazone groups is 1. The molecule has 122 valence electrons. The Labute approximate surface area is 153 Å². The van der Waals surface area contributed by atoms with Crippen molar-refractivity contribution in [1.29, 1.82) is 0 Å². The van der Waals surface area contributed by atoms with Crippen LogP contribution in [0.4, 0.5) is 5.82 Å². The van der Waals surface area contributed by atoms with Crippen molar-refractivity contribution in [1.82, 2.24) is 20.0 Å². The summed E-state index contributed by atoms with van der Waals surface area (Å²) in [5, 5.41) is 17.3. The predicted octanol–water partition coefficient (Wildman–Crippen LogP) is 4.38. The molecule has 1 N–H and O–H groups in total. The molecule has 6 nitrogen and oxygen atoms in total. The zero-order valence-corrected chi connectivity index (χ0v) is 14.7. The molecule has 0 saturated carbocycles. The first-order valence-electron chi connectivity index (χ1n) is 6.84. The van der Waals surface area contributed by atoms with Crippen LogP contribution in [0.15, 0.2) is 41.5 Å². The van der Waals surface area contributed by atoms with E-state index >= 15 is 0 Å². The lowest BCUT2D eigenvalue weighted by Gasteiger charge is -2.04. The Morgan fingerprint density at radius 3 is 2.58 bits per heavy atom. The van der Waals surface area contributed by atoms with Gasteiger partial charge in [0.15, 0.2) is 11.0 Å². The topological polar surface area (TPSA) is 68.0 Å². The van der Waals surface area contributed by atoms with Crippen molar-refractivity contribution in [2.45, 2.75) is 6.92 Å². The van der Waals surface area contributed by atoms with E-state index in [4.69, 9.17) is 34.8 Å². The van der Waals surface area contributed by atoms with Gasteiger partial charge in [0.2, 0.25) is 0 Å². The average Bonchev–Trinajstić information content (AvgIpc) is 2.85. The lowest BCUT2D eigenvalue weighted by atomic mass is 10.3. The number of rotatable bonds is 4. The van der Waals surface area contributed by atoms with E-state index in [0.29, 0.717) is 38.1 Å². The Bertz CT molecular complexity index is 889. The van der Waals surface area contributed by atoms with Crippen LogP contribution in [0.25, 0.3) is 5.69 Å². The molecule has 2 heterocycles. The molecule has 0 aliphatic rings. The van der Waals surface area contributed by atoms with Crippen molar-refractivity contribution >= 4 is 46.8 Å². The highest BCUT2D eigenvalue weighted by molar-refractivity contribution is 6.34. The van der Waals surface area contributed by atoms with Crippen LogP contribution in [0, 0.1) is 6.92 Å². The summed E-state index contributed by atoms with van der Waals surface area (Å²) in [4.78, 5) is 0. The van der Waals surface area contributed by atoms with Gasteiger partial charge >= 0.3 is 0 Å². The Balaban J connectivity index is 1.85. The van der Waals surface area contributed by atoms with E-state index in [1.807, 2.05) is 25.1 Å². The van der Waals surface area contributed by atoms with E-state index in [2.05, 4.69) is 25.8 Å². The Morgan fingerprint density at radius 2 is 1.88 bits per heavy atom. The van der Waals surface area contributed by atoms with E-state index < -0.39 is 0 Å². The second-order valence-electron chi connectivity index (χ2n) is 4.76. The molecule has 0 fully saturated rings. The van der Waals surface area contributed by atoms with Gasteiger partial charge in [-0.2, -0.15) is 10.2 Å². The number of hydrogen-bond acceptors (Lipinski definition) is 5.